The summed E-state index contributed by atoms with van der Waals surface area (Å²) in [5.41, 5.74) is 2.87. The number of carbonyl (C=O) groups excluding carboxylic acids is 1. The highest BCUT2D eigenvalue weighted by atomic mass is 32.1. The molecule has 2 rings (SSSR count). The minimum atomic E-state index is -0.346. The van der Waals surface area contributed by atoms with E-state index in [4.69, 9.17) is 0 Å². The minimum Gasteiger partial charge on any atom is -0.465 e. The van der Waals surface area contributed by atoms with Gasteiger partial charge < -0.3 is 9.64 Å². The number of hydrogen-bond donors (Lipinski definition) is 0. The summed E-state index contributed by atoms with van der Waals surface area (Å²) < 4.78 is 4.66. The van der Waals surface area contributed by atoms with Crippen molar-refractivity contribution in [1.29, 1.82) is 0 Å². The first-order valence-electron chi connectivity index (χ1n) is 5.26. The maximum absolute atomic E-state index is 11.3. The predicted octanol–water partition coefficient (Wildman–Crippen LogP) is 2.33. The van der Waals surface area contributed by atoms with Crippen LogP contribution in [0.2, 0.25) is 0 Å². The second kappa shape index (κ2) is 5.45. The van der Waals surface area contributed by atoms with Crippen LogP contribution in [0.5, 0.6) is 0 Å². The van der Waals surface area contributed by atoms with E-state index in [1.165, 1.54) is 23.3 Å². The van der Waals surface area contributed by atoms with Crippen LogP contribution < -0.4 is 4.90 Å². The summed E-state index contributed by atoms with van der Waals surface area (Å²) in [5.74, 6) is -0.346. The van der Waals surface area contributed by atoms with Gasteiger partial charge in [-0.05, 0) is 6.92 Å². The van der Waals surface area contributed by atoms with Gasteiger partial charge in [-0.3, -0.25) is 0 Å². The average molecular weight is 283 g/mol. The third-order valence-electron chi connectivity index (χ3n) is 2.43. The van der Waals surface area contributed by atoms with Gasteiger partial charge in [-0.1, -0.05) is 11.3 Å². The average Bonchev–Trinajstić information content (AvgIpc) is 2.98. The first-order chi connectivity index (χ1) is 8.61. The van der Waals surface area contributed by atoms with Gasteiger partial charge in [0.25, 0.3) is 0 Å². The molecule has 0 atom stereocenters. The van der Waals surface area contributed by atoms with Crippen molar-refractivity contribution in [3.05, 3.63) is 27.2 Å². The zero-order valence-electron chi connectivity index (χ0n) is 10.3. The molecule has 0 saturated carbocycles. The fourth-order valence-electron chi connectivity index (χ4n) is 1.40. The summed E-state index contributed by atoms with van der Waals surface area (Å²) in [7, 11) is 3.31. The maximum Gasteiger partial charge on any atom is 0.349 e. The smallest absolute Gasteiger partial charge is 0.349 e. The Morgan fingerprint density at radius 1 is 1.50 bits per heavy atom. The van der Waals surface area contributed by atoms with Crippen LogP contribution in [0.3, 0.4) is 0 Å². The maximum atomic E-state index is 11.3. The quantitative estimate of drug-likeness (QED) is 0.806. The molecule has 0 saturated heterocycles. The van der Waals surface area contributed by atoms with Crippen LogP contribution in [0.1, 0.15) is 20.2 Å². The van der Waals surface area contributed by atoms with E-state index in [0.29, 0.717) is 4.88 Å². The number of anilines is 1. The summed E-state index contributed by atoms with van der Waals surface area (Å²) >= 11 is 2.95. The van der Waals surface area contributed by atoms with Gasteiger partial charge in [0.1, 0.15) is 4.88 Å². The number of nitrogens with zero attached hydrogens (tertiary/aromatic N) is 3. The number of thiazole rings is 2. The Kier molecular flexibility index (Phi) is 3.93. The molecule has 0 N–H and O–H groups in total. The highest BCUT2D eigenvalue weighted by molar-refractivity contribution is 7.17. The van der Waals surface area contributed by atoms with Crippen molar-refractivity contribution in [3.63, 3.8) is 0 Å². The van der Waals surface area contributed by atoms with Crippen molar-refractivity contribution in [2.75, 3.05) is 19.1 Å². The lowest BCUT2D eigenvalue weighted by molar-refractivity contribution is 0.0606. The molecule has 0 amide bonds. The Morgan fingerprint density at radius 2 is 2.28 bits per heavy atom. The number of aromatic nitrogens is 2. The number of rotatable bonds is 4. The van der Waals surface area contributed by atoms with Crippen LogP contribution in [0.15, 0.2) is 11.7 Å². The summed E-state index contributed by atoms with van der Waals surface area (Å²) in [6, 6.07) is 0. The molecule has 0 bridgehead atoms. The van der Waals surface area contributed by atoms with Crippen LogP contribution >= 0.6 is 22.7 Å². The summed E-state index contributed by atoms with van der Waals surface area (Å²) in [6.45, 7) is 2.73. The Labute approximate surface area is 113 Å². The van der Waals surface area contributed by atoms with Gasteiger partial charge in [0.2, 0.25) is 0 Å². The molecule has 0 aliphatic carbocycles. The zero-order chi connectivity index (χ0) is 13.1. The van der Waals surface area contributed by atoms with Crippen molar-refractivity contribution >= 4 is 33.8 Å². The molecule has 0 aliphatic heterocycles. The van der Waals surface area contributed by atoms with Gasteiger partial charge in [0, 0.05) is 11.9 Å². The summed E-state index contributed by atoms with van der Waals surface area (Å²) in [5, 5.41) is 0.795. The lowest BCUT2D eigenvalue weighted by Gasteiger charge is -2.14. The van der Waals surface area contributed by atoms with Crippen LogP contribution in [0.25, 0.3) is 0 Å². The topological polar surface area (TPSA) is 55.3 Å². The van der Waals surface area contributed by atoms with Crippen LogP contribution in [-0.2, 0) is 11.3 Å². The van der Waals surface area contributed by atoms with Crippen LogP contribution in [0.4, 0.5) is 5.13 Å². The van der Waals surface area contributed by atoms with E-state index in [9.17, 15) is 4.79 Å². The van der Waals surface area contributed by atoms with Gasteiger partial charge in [0.15, 0.2) is 5.13 Å². The molecular formula is C11H13N3O2S2. The number of hydrogen-bond acceptors (Lipinski definition) is 7. The highest BCUT2D eigenvalue weighted by Gasteiger charge is 2.14. The lowest BCUT2D eigenvalue weighted by Crippen LogP contribution is -2.15. The van der Waals surface area contributed by atoms with Gasteiger partial charge >= 0.3 is 5.97 Å². The van der Waals surface area contributed by atoms with E-state index < -0.39 is 0 Å². The molecule has 0 radical (unpaired) electrons. The largest absolute Gasteiger partial charge is 0.465 e. The number of methoxy groups -OCH3 is 1. The molecule has 0 aliphatic rings. The van der Waals surface area contributed by atoms with Gasteiger partial charge in [-0.2, -0.15) is 0 Å². The first kappa shape index (κ1) is 13.0. The van der Waals surface area contributed by atoms with Gasteiger partial charge in [0.05, 0.1) is 31.1 Å². The number of ether oxygens (including phenoxy) is 1. The van der Waals surface area contributed by atoms with Crippen LogP contribution in [-0.4, -0.2) is 30.1 Å². The van der Waals surface area contributed by atoms with E-state index >= 15 is 0 Å². The Hall–Kier alpha value is -1.47. The number of carbonyl (C=O) groups is 1. The Balaban J connectivity index is 2.10. The standard InChI is InChI=1S/C11H13N3O2S2/c1-7-9(17-6-13-7)5-14(2)11-12-4-8(18-11)10(15)16-3/h4,6H,5H2,1-3H3. The van der Waals surface area contributed by atoms with Crippen molar-refractivity contribution in [2.24, 2.45) is 0 Å². The van der Waals surface area contributed by atoms with E-state index in [1.807, 2.05) is 24.4 Å². The molecule has 0 aromatic carbocycles. The lowest BCUT2D eigenvalue weighted by atomic mass is 10.4. The molecule has 0 unspecified atom stereocenters. The Bertz CT molecular complexity index is 550. The third kappa shape index (κ3) is 2.68. The molecular weight excluding hydrogens is 270 g/mol. The van der Waals surface area contributed by atoms with Crippen molar-refractivity contribution in [1.82, 2.24) is 9.97 Å². The highest BCUT2D eigenvalue weighted by Crippen LogP contribution is 2.24. The van der Waals surface area contributed by atoms with E-state index in [0.717, 1.165) is 17.4 Å². The SMILES string of the molecule is COC(=O)c1cnc(N(C)Cc2scnc2C)s1. The second-order valence-electron chi connectivity index (χ2n) is 3.72. The summed E-state index contributed by atoms with van der Waals surface area (Å²) in [4.78, 5) is 23.5. The van der Waals surface area contributed by atoms with E-state index in [-0.39, 0.29) is 5.97 Å². The monoisotopic (exact) mass is 283 g/mol. The molecule has 7 heteroatoms. The minimum absolute atomic E-state index is 0.346. The molecule has 18 heavy (non-hydrogen) atoms. The zero-order valence-corrected chi connectivity index (χ0v) is 12.0. The van der Waals surface area contributed by atoms with Gasteiger partial charge in [-0.25, -0.2) is 14.8 Å². The number of aryl methyl sites for hydroxylation is 1. The molecule has 2 aromatic rings. The molecule has 5 nitrogen and oxygen atoms in total. The fraction of sp³-hybridized carbons (Fsp3) is 0.364. The van der Waals surface area contributed by atoms with E-state index in [2.05, 4.69) is 14.7 Å². The third-order valence-corrected chi connectivity index (χ3v) is 4.44. The molecule has 0 spiro atoms. The second-order valence-corrected chi connectivity index (χ2v) is 5.66. The molecule has 2 heterocycles. The Morgan fingerprint density at radius 3 is 2.89 bits per heavy atom. The predicted molar refractivity (Wildman–Crippen MR) is 72.4 cm³/mol. The summed E-state index contributed by atoms with van der Waals surface area (Å²) in [6.07, 6.45) is 1.54. The number of esters is 1. The molecule has 0 fully saturated rings. The van der Waals surface area contributed by atoms with Crippen molar-refractivity contribution in [2.45, 2.75) is 13.5 Å². The van der Waals surface area contributed by atoms with E-state index in [1.54, 1.807) is 17.5 Å². The fourth-order valence-corrected chi connectivity index (χ4v) is 3.02. The van der Waals surface area contributed by atoms with Crippen molar-refractivity contribution in [3.8, 4) is 0 Å². The molecule has 2 aromatic heterocycles. The first-order valence-corrected chi connectivity index (χ1v) is 6.95. The van der Waals surface area contributed by atoms with Crippen molar-refractivity contribution < 1.29 is 9.53 Å². The molecule has 96 valence electrons. The van der Waals surface area contributed by atoms with Gasteiger partial charge in [-0.15, -0.1) is 11.3 Å². The normalized spacial score (nSPS) is 10.4. The van der Waals surface area contributed by atoms with Crippen LogP contribution in [0, 0.1) is 6.92 Å².